The van der Waals surface area contributed by atoms with Crippen LogP contribution in [0.4, 0.5) is 0 Å². The van der Waals surface area contributed by atoms with Crippen molar-refractivity contribution in [1.29, 1.82) is 0 Å². The lowest BCUT2D eigenvalue weighted by atomic mass is 10.2. The van der Waals surface area contributed by atoms with Gasteiger partial charge in [-0.25, -0.2) is 18.1 Å². The Kier molecular flexibility index (Phi) is 3.57. The van der Waals surface area contributed by atoms with Gasteiger partial charge in [-0.15, -0.1) is 0 Å². The first kappa shape index (κ1) is 12.2. The summed E-state index contributed by atoms with van der Waals surface area (Å²) < 4.78 is 25.7. The zero-order valence-corrected chi connectivity index (χ0v) is 10.3. The summed E-state index contributed by atoms with van der Waals surface area (Å²) in [7, 11) is -3.63. The Morgan fingerprint density at radius 1 is 1.59 bits per heavy atom. The van der Waals surface area contributed by atoms with Gasteiger partial charge in [0.1, 0.15) is 0 Å². The quantitative estimate of drug-likeness (QED) is 0.738. The Labute approximate surface area is 102 Å². The molecule has 6 nitrogen and oxygen atoms in total. The summed E-state index contributed by atoms with van der Waals surface area (Å²) in [5.74, 6) is 0. The van der Waals surface area contributed by atoms with Crippen LogP contribution in [-0.2, 0) is 10.0 Å². The second-order valence-corrected chi connectivity index (χ2v) is 5.86. The Morgan fingerprint density at radius 3 is 3.00 bits per heavy atom. The number of H-pyrrole nitrogens is 1. The highest BCUT2D eigenvalue weighted by molar-refractivity contribution is 7.89. The van der Waals surface area contributed by atoms with Gasteiger partial charge in [-0.3, -0.25) is 0 Å². The summed E-state index contributed by atoms with van der Waals surface area (Å²) in [6.07, 6.45) is 1.64. The van der Waals surface area contributed by atoms with Crippen molar-refractivity contribution in [3.63, 3.8) is 0 Å². The highest BCUT2D eigenvalue weighted by atomic mass is 32.2. The van der Waals surface area contributed by atoms with E-state index in [0.29, 0.717) is 5.56 Å². The molecule has 0 aliphatic carbocycles. The normalized spacial score (nSPS) is 13.7. The van der Waals surface area contributed by atoms with Gasteiger partial charge in [0.15, 0.2) is 5.03 Å². The zero-order chi connectivity index (χ0) is 12.3. The molecule has 2 rings (SSSR count). The Balaban J connectivity index is 1.99. The standard InChI is InChI=1S/C9H11N3O3S2/c13-8(7-1-2-16-5-7)3-12-17(14,15)9-4-10-6-11-9/h1-2,4-6,8,12-13H,3H2,(H,10,11)/t8-/m1/s1. The predicted molar refractivity (Wildman–Crippen MR) is 63.1 cm³/mol. The molecule has 2 heterocycles. The number of imidazole rings is 1. The monoisotopic (exact) mass is 273 g/mol. The highest BCUT2D eigenvalue weighted by Gasteiger charge is 2.17. The van der Waals surface area contributed by atoms with E-state index in [1.165, 1.54) is 23.9 Å². The molecule has 17 heavy (non-hydrogen) atoms. The number of aliphatic hydroxyl groups is 1. The molecule has 2 aromatic heterocycles. The Hall–Kier alpha value is -1.22. The summed E-state index contributed by atoms with van der Waals surface area (Å²) in [6.45, 7) is -0.0713. The molecule has 0 unspecified atom stereocenters. The number of aromatic amines is 1. The molecule has 0 saturated carbocycles. The van der Waals surface area contributed by atoms with E-state index in [-0.39, 0.29) is 11.6 Å². The van der Waals surface area contributed by atoms with Gasteiger partial charge >= 0.3 is 0 Å². The fourth-order valence-electron chi connectivity index (χ4n) is 1.24. The third-order valence-electron chi connectivity index (χ3n) is 2.16. The van der Waals surface area contributed by atoms with E-state index in [9.17, 15) is 13.5 Å². The van der Waals surface area contributed by atoms with E-state index in [0.717, 1.165) is 0 Å². The van der Waals surface area contributed by atoms with E-state index in [1.54, 1.807) is 11.4 Å². The van der Waals surface area contributed by atoms with Crippen LogP contribution in [0, 0.1) is 0 Å². The summed E-state index contributed by atoms with van der Waals surface area (Å²) in [6, 6.07) is 1.75. The lowest BCUT2D eigenvalue weighted by Crippen LogP contribution is -2.28. The average molecular weight is 273 g/mol. The first-order chi connectivity index (χ1) is 8.09. The van der Waals surface area contributed by atoms with Crippen molar-refractivity contribution in [3.05, 3.63) is 34.9 Å². The molecule has 3 N–H and O–H groups in total. The van der Waals surface area contributed by atoms with Crippen LogP contribution in [0.25, 0.3) is 0 Å². The third kappa shape index (κ3) is 2.91. The van der Waals surface area contributed by atoms with Crippen molar-refractivity contribution in [2.75, 3.05) is 6.54 Å². The van der Waals surface area contributed by atoms with Gasteiger partial charge in [0.05, 0.1) is 18.6 Å². The molecular weight excluding hydrogens is 262 g/mol. The number of hydrogen-bond donors (Lipinski definition) is 3. The van der Waals surface area contributed by atoms with Crippen LogP contribution in [-0.4, -0.2) is 30.0 Å². The zero-order valence-electron chi connectivity index (χ0n) is 8.70. The van der Waals surface area contributed by atoms with Crippen molar-refractivity contribution >= 4 is 21.4 Å². The van der Waals surface area contributed by atoms with Crippen molar-refractivity contribution < 1.29 is 13.5 Å². The van der Waals surface area contributed by atoms with Crippen LogP contribution in [0.1, 0.15) is 11.7 Å². The summed E-state index contributed by atoms with van der Waals surface area (Å²) in [5, 5.41) is 13.3. The first-order valence-electron chi connectivity index (χ1n) is 4.78. The van der Waals surface area contributed by atoms with Gasteiger partial charge in [0.2, 0.25) is 0 Å². The number of nitrogens with one attached hydrogen (secondary N) is 2. The van der Waals surface area contributed by atoms with E-state index in [2.05, 4.69) is 14.7 Å². The number of thiophene rings is 1. The molecular formula is C9H11N3O3S2. The second-order valence-electron chi connectivity index (χ2n) is 3.34. The molecule has 2 aromatic rings. The van der Waals surface area contributed by atoms with Gasteiger partial charge < -0.3 is 10.1 Å². The third-order valence-corrected chi connectivity index (χ3v) is 4.21. The maximum atomic E-state index is 11.7. The van der Waals surface area contributed by atoms with Crippen molar-refractivity contribution in [3.8, 4) is 0 Å². The molecule has 0 bridgehead atoms. The maximum Gasteiger partial charge on any atom is 0.257 e. The minimum atomic E-state index is -3.63. The van der Waals surface area contributed by atoms with Gasteiger partial charge in [0.25, 0.3) is 10.0 Å². The number of nitrogens with zero attached hydrogens (tertiary/aromatic N) is 1. The number of aromatic nitrogens is 2. The van der Waals surface area contributed by atoms with Crippen LogP contribution in [0.3, 0.4) is 0 Å². The van der Waals surface area contributed by atoms with Crippen LogP contribution in [0.5, 0.6) is 0 Å². The molecule has 0 saturated heterocycles. The van der Waals surface area contributed by atoms with E-state index < -0.39 is 16.1 Å². The van der Waals surface area contributed by atoms with Crippen molar-refractivity contribution in [2.24, 2.45) is 0 Å². The van der Waals surface area contributed by atoms with E-state index in [4.69, 9.17) is 0 Å². The fourth-order valence-corrected chi connectivity index (χ4v) is 2.89. The molecule has 0 aliphatic heterocycles. The van der Waals surface area contributed by atoms with Gasteiger partial charge in [-0.05, 0) is 22.4 Å². The number of sulfonamides is 1. The van der Waals surface area contributed by atoms with Gasteiger partial charge in [-0.2, -0.15) is 11.3 Å². The Bertz CT molecular complexity index is 548. The van der Waals surface area contributed by atoms with Crippen LogP contribution >= 0.6 is 11.3 Å². The van der Waals surface area contributed by atoms with Crippen molar-refractivity contribution in [2.45, 2.75) is 11.1 Å². The smallest absolute Gasteiger partial charge is 0.257 e. The molecule has 8 heteroatoms. The Morgan fingerprint density at radius 2 is 2.41 bits per heavy atom. The molecule has 0 aromatic carbocycles. The molecule has 0 fully saturated rings. The summed E-state index contributed by atoms with van der Waals surface area (Å²) in [4.78, 5) is 6.12. The minimum Gasteiger partial charge on any atom is -0.387 e. The van der Waals surface area contributed by atoms with E-state index in [1.807, 2.05) is 5.38 Å². The predicted octanol–water partition coefficient (Wildman–Crippen LogP) is 0.483. The molecule has 1 atom stereocenters. The van der Waals surface area contributed by atoms with Crippen LogP contribution < -0.4 is 4.72 Å². The fraction of sp³-hybridized carbons (Fsp3) is 0.222. The molecule has 0 aliphatic rings. The van der Waals surface area contributed by atoms with E-state index >= 15 is 0 Å². The molecule has 0 radical (unpaired) electrons. The van der Waals surface area contributed by atoms with Crippen molar-refractivity contribution in [1.82, 2.24) is 14.7 Å². The largest absolute Gasteiger partial charge is 0.387 e. The number of aliphatic hydroxyl groups excluding tert-OH is 1. The van der Waals surface area contributed by atoms with Crippen LogP contribution in [0.15, 0.2) is 34.4 Å². The second kappa shape index (κ2) is 4.96. The lowest BCUT2D eigenvalue weighted by Gasteiger charge is -2.09. The number of hydrogen-bond acceptors (Lipinski definition) is 5. The maximum absolute atomic E-state index is 11.7. The topological polar surface area (TPSA) is 95.1 Å². The average Bonchev–Trinajstić information content (AvgIpc) is 2.97. The van der Waals surface area contributed by atoms with Gasteiger partial charge in [0, 0.05) is 6.54 Å². The summed E-state index contributed by atoms with van der Waals surface area (Å²) >= 11 is 1.45. The minimum absolute atomic E-state index is 0.0185. The van der Waals surface area contributed by atoms with Crippen LogP contribution in [0.2, 0.25) is 0 Å². The lowest BCUT2D eigenvalue weighted by molar-refractivity contribution is 0.182. The first-order valence-corrected chi connectivity index (χ1v) is 7.20. The molecule has 0 amide bonds. The van der Waals surface area contributed by atoms with Gasteiger partial charge in [-0.1, -0.05) is 0 Å². The summed E-state index contributed by atoms with van der Waals surface area (Å²) in [5.41, 5.74) is 0.697. The molecule has 0 spiro atoms. The SMILES string of the molecule is O=S(=O)(NC[C@@H](O)c1ccsc1)c1cnc[nH]1. The number of rotatable bonds is 5. The molecule has 92 valence electrons. The highest BCUT2D eigenvalue weighted by Crippen LogP contribution is 2.15.